The molecule has 3 aromatic heterocycles. The highest BCUT2D eigenvalue weighted by atomic mass is 16.5. The zero-order valence-electron chi connectivity index (χ0n) is 17.2. The van der Waals surface area contributed by atoms with Crippen LogP contribution in [-0.2, 0) is 11.8 Å². The number of aromatic nitrogens is 5. The van der Waals surface area contributed by atoms with Crippen LogP contribution >= 0.6 is 0 Å². The molecule has 1 aromatic carbocycles. The number of nitriles is 1. The molecule has 1 aliphatic heterocycles. The van der Waals surface area contributed by atoms with E-state index in [4.69, 9.17) is 9.72 Å². The van der Waals surface area contributed by atoms with Crippen LogP contribution in [0.2, 0.25) is 0 Å². The van der Waals surface area contributed by atoms with Crippen LogP contribution < -0.4 is 5.32 Å². The molecule has 0 aliphatic carbocycles. The second-order valence-corrected chi connectivity index (χ2v) is 7.65. The molecule has 0 radical (unpaired) electrons. The lowest BCUT2D eigenvalue weighted by Gasteiger charge is -2.15. The van der Waals surface area contributed by atoms with Gasteiger partial charge in [0.15, 0.2) is 5.65 Å². The van der Waals surface area contributed by atoms with Gasteiger partial charge in [-0.15, -0.1) is 0 Å². The minimum absolute atomic E-state index is 0.0341. The Labute approximate surface area is 182 Å². The molecule has 4 aromatic rings. The fourth-order valence-corrected chi connectivity index (χ4v) is 3.81. The van der Waals surface area contributed by atoms with Crippen LogP contribution in [0.5, 0.6) is 0 Å². The molecule has 0 spiro atoms. The van der Waals surface area contributed by atoms with Crippen LogP contribution in [0.1, 0.15) is 22.3 Å². The number of carbonyl (C=O) groups is 1. The van der Waals surface area contributed by atoms with Crippen molar-refractivity contribution in [2.75, 3.05) is 18.5 Å². The Morgan fingerprint density at radius 3 is 2.78 bits per heavy atom. The van der Waals surface area contributed by atoms with E-state index in [-0.39, 0.29) is 17.2 Å². The van der Waals surface area contributed by atoms with Gasteiger partial charge in [0.25, 0.3) is 0 Å². The van der Waals surface area contributed by atoms with Gasteiger partial charge in [-0.2, -0.15) is 15.5 Å². The first-order valence-electron chi connectivity index (χ1n) is 10.0. The predicted molar refractivity (Wildman–Crippen MR) is 115 cm³/mol. The van der Waals surface area contributed by atoms with E-state index >= 15 is 0 Å². The second kappa shape index (κ2) is 7.79. The minimum Gasteiger partial charge on any atom is -0.478 e. The Kier molecular flexibility index (Phi) is 4.80. The maximum Gasteiger partial charge on any atom is 0.335 e. The van der Waals surface area contributed by atoms with Crippen LogP contribution in [0, 0.1) is 11.3 Å². The Morgan fingerprint density at radius 1 is 1.22 bits per heavy atom. The molecule has 0 bridgehead atoms. The van der Waals surface area contributed by atoms with Gasteiger partial charge in [0.05, 0.1) is 42.2 Å². The van der Waals surface area contributed by atoms with Gasteiger partial charge in [-0.25, -0.2) is 14.3 Å². The van der Waals surface area contributed by atoms with Crippen LogP contribution in [0.15, 0.2) is 43.0 Å². The number of nitrogens with one attached hydrogen (secondary N) is 1. The third-order valence-corrected chi connectivity index (χ3v) is 5.40. The van der Waals surface area contributed by atoms with E-state index in [9.17, 15) is 15.2 Å². The Balaban J connectivity index is 1.67. The molecule has 1 saturated heterocycles. The van der Waals surface area contributed by atoms with Crippen LogP contribution in [0.4, 0.5) is 5.82 Å². The van der Waals surface area contributed by atoms with Gasteiger partial charge in [0.1, 0.15) is 5.82 Å². The smallest absolute Gasteiger partial charge is 0.335 e. The Morgan fingerprint density at radius 2 is 2.09 bits per heavy atom. The van der Waals surface area contributed by atoms with E-state index in [2.05, 4.69) is 15.5 Å². The molecule has 0 amide bonds. The standard InChI is InChI=1S/C22H19N7O3/c1-28-10-16(8-24-28)19-11-29-21(27-20(19)26-17-2-3-32-12-17)18(9-25-29)14-4-13(7-23)5-15(6-14)22(30)31/h4-6,8-11,17H,2-3,12H2,1H3,(H,26,27)(H,30,31)/t17-/m0/s1. The van der Waals surface area contributed by atoms with E-state index in [1.807, 2.05) is 25.5 Å². The van der Waals surface area contributed by atoms with Crippen LogP contribution in [0.25, 0.3) is 27.9 Å². The molecular weight excluding hydrogens is 410 g/mol. The van der Waals surface area contributed by atoms with Crippen molar-refractivity contribution in [1.82, 2.24) is 24.4 Å². The number of ether oxygens (including phenoxy) is 1. The summed E-state index contributed by atoms with van der Waals surface area (Å²) < 4.78 is 8.86. The summed E-state index contributed by atoms with van der Waals surface area (Å²) in [6, 6.07) is 6.66. The van der Waals surface area contributed by atoms with Crippen LogP contribution in [0.3, 0.4) is 0 Å². The number of carboxylic acids is 1. The normalized spacial score (nSPS) is 15.7. The fourth-order valence-electron chi connectivity index (χ4n) is 3.81. The third-order valence-electron chi connectivity index (χ3n) is 5.40. The Hall–Kier alpha value is -4.23. The van der Waals surface area contributed by atoms with E-state index in [1.165, 1.54) is 12.1 Å². The number of nitrogens with zero attached hydrogens (tertiary/aromatic N) is 6. The van der Waals surface area contributed by atoms with E-state index in [0.717, 1.165) is 17.5 Å². The quantitative estimate of drug-likeness (QED) is 0.495. The maximum absolute atomic E-state index is 11.5. The summed E-state index contributed by atoms with van der Waals surface area (Å²) in [4.78, 5) is 16.4. The van der Waals surface area contributed by atoms with Crippen molar-refractivity contribution >= 4 is 17.4 Å². The topological polar surface area (TPSA) is 130 Å². The molecule has 1 aliphatic rings. The number of aromatic carboxylic acids is 1. The van der Waals surface area contributed by atoms with Crippen molar-refractivity contribution in [2.24, 2.45) is 7.05 Å². The van der Waals surface area contributed by atoms with Crippen molar-refractivity contribution in [3.05, 3.63) is 54.1 Å². The molecule has 1 atom stereocenters. The summed E-state index contributed by atoms with van der Waals surface area (Å²) in [5.74, 6) is -0.437. The molecule has 32 heavy (non-hydrogen) atoms. The van der Waals surface area contributed by atoms with Gasteiger partial charge in [0.2, 0.25) is 0 Å². The number of carboxylic acid groups (broad SMARTS) is 1. The summed E-state index contributed by atoms with van der Waals surface area (Å²) >= 11 is 0. The number of fused-ring (bicyclic) bond motifs is 1. The molecule has 0 unspecified atom stereocenters. The van der Waals surface area contributed by atoms with Crippen molar-refractivity contribution in [1.29, 1.82) is 5.26 Å². The molecule has 5 rings (SSSR count). The molecular formula is C22H19N7O3. The predicted octanol–water partition coefficient (Wildman–Crippen LogP) is 2.57. The van der Waals surface area contributed by atoms with Crippen molar-refractivity contribution in [3.8, 4) is 28.3 Å². The van der Waals surface area contributed by atoms with Crippen LogP contribution in [-0.4, -0.2) is 54.7 Å². The highest BCUT2D eigenvalue weighted by molar-refractivity contribution is 5.91. The highest BCUT2D eigenvalue weighted by Gasteiger charge is 2.21. The highest BCUT2D eigenvalue weighted by Crippen LogP contribution is 2.32. The first kappa shape index (κ1) is 19.7. The summed E-state index contributed by atoms with van der Waals surface area (Å²) in [5, 5.41) is 30.9. The second-order valence-electron chi connectivity index (χ2n) is 7.65. The fraction of sp³-hybridized carbons (Fsp3) is 0.227. The summed E-state index contributed by atoms with van der Waals surface area (Å²) in [5.41, 5.74) is 3.76. The molecule has 0 saturated carbocycles. The largest absolute Gasteiger partial charge is 0.478 e. The number of anilines is 1. The van der Waals surface area contributed by atoms with E-state index < -0.39 is 5.97 Å². The number of aryl methyl sites for hydroxylation is 1. The SMILES string of the molecule is Cn1cc(-c2cn3ncc(-c4cc(C#N)cc(C(=O)O)c4)c3nc2N[C@H]2CCOC2)cn1. The zero-order valence-corrected chi connectivity index (χ0v) is 17.2. The van der Waals surface area contributed by atoms with E-state index in [0.29, 0.717) is 35.8 Å². The van der Waals surface area contributed by atoms with Gasteiger partial charge in [-0.05, 0) is 30.2 Å². The van der Waals surface area contributed by atoms with Gasteiger partial charge in [-0.3, -0.25) is 4.68 Å². The van der Waals surface area contributed by atoms with Gasteiger partial charge >= 0.3 is 5.97 Å². The van der Waals surface area contributed by atoms with Crippen molar-refractivity contribution in [3.63, 3.8) is 0 Å². The van der Waals surface area contributed by atoms with Crippen molar-refractivity contribution < 1.29 is 14.6 Å². The van der Waals surface area contributed by atoms with Crippen molar-refractivity contribution in [2.45, 2.75) is 12.5 Å². The number of benzene rings is 1. The molecule has 2 N–H and O–H groups in total. The van der Waals surface area contributed by atoms with Gasteiger partial charge in [-0.1, -0.05) is 0 Å². The lowest BCUT2D eigenvalue weighted by Crippen LogP contribution is -2.20. The van der Waals surface area contributed by atoms with Gasteiger partial charge < -0.3 is 15.2 Å². The third kappa shape index (κ3) is 3.55. The van der Waals surface area contributed by atoms with E-state index in [1.54, 1.807) is 27.7 Å². The summed E-state index contributed by atoms with van der Waals surface area (Å²) in [6.45, 7) is 1.29. The first-order valence-corrected chi connectivity index (χ1v) is 10.0. The monoisotopic (exact) mass is 429 g/mol. The first-order chi connectivity index (χ1) is 15.5. The average Bonchev–Trinajstić information content (AvgIpc) is 3.54. The average molecular weight is 429 g/mol. The molecule has 10 nitrogen and oxygen atoms in total. The molecule has 1 fully saturated rings. The summed E-state index contributed by atoms with van der Waals surface area (Å²) in [7, 11) is 1.85. The maximum atomic E-state index is 11.5. The molecule has 4 heterocycles. The lowest BCUT2D eigenvalue weighted by molar-refractivity contribution is 0.0697. The number of hydrogen-bond donors (Lipinski definition) is 2. The Bertz CT molecular complexity index is 1380. The van der Waals surface area contributed by atoms with Gasteiger partial charge in [0, 0.05) is 42.7 Å². The number of hydrogen-bond acceptors (Lipinski definition) is 7. The zero-order chi connectivity index (χ0) is 22.2. The number of rotatable bonds is 5. The molecule has 10 heteroatoms. The molecule has 160 valence electrons. The lowest BCUT2D eigenvalue weighted by atomic mass is 10.0. The summed E-state index contributed by atoms with van der Waals surface area (Å²) in [6.07, 6.45) is 8.03. The minimum atomic E-state index is -1.10.